The highest BCUT2D eigenvalue weighted by Gasteiger charge is 2.10. The molecule has 0 saturated heterocycles. The number of rotatable bonds is 0. The second kappa shape index (κ2) is 3.81. The topological polar surface area (TPSA) is 52.2 Å². The van der Waals surface area contributed by atoms with Gasteiger partial charge in [-0.25, -0.2) is 0 Å². The lowest BCUT2D eigenvalue weighted by molar-refractivity contribution is 0.612. The van der Waals surface area contributed by atoms with E-state index in [-0.39, 0.29) is 11.0 Å². The molecule has 0 aliphatic heterocycles. The molecule has 0 unspecified atom stereocenters. The monoisotopic (exact) mass is 305 g/mol. The number of halogens is 1. The summed E-state index contributed by atoms with van der Waals surface area (Å²) in [5, 5.41) is 0.901. The van der Waals surface area contributed by atoms with E-state index in [9.17, 15) is 9.59 Å². The molecule has 2 aromatic heterocycles. The number of fused-ring (bicyclic) bond motifs is 2. The van der Waals surface area contributed by atoms with Crippen LogP contribution in [0.25, 0.3) is 22.1 Å². The first kappa shape index (κ1) is 11.2. The van der Waals surface area contributed by atoms with Crippen molar-refractivity contribution in [1.82, 2.24) is 4.57 Å². The molecule has 3 rings (SSSR count). The van der Waals surface area contributed by atoms with Gasteiger partial charge in [0.2, 0.25) is 11.1 Å². The first-order valence-electron chi connectivity index (χ1n) is 5.30. The summed E-state index contributed by atoms with van der Waals surface area (Å²) in [5.74, 6) is 0. The van der Waals surface area contributed by atoms with Crippen molar-refractivity contribution in [2.75, 3.05) is 0 Å². The van der Waals surface area contributed by atoms with Crippen LogP contribution in [0.5, 0.6) is 0 Å². The zero-order chi connectivity index (χ0) is 12.9. The van der Waals surface area contributed by atoms with Crippen molar-refractivity contribution in [2.24, 2.45) is 7.05 Å². The summed E-state index contributed by atoms with van der Waals surface area (Å²) in [6.45, 7) is 0. The van der Waals surface area contributed by atoms with Gasteiger partial charge in [0, 0.05) is 17.6 Å². The Hall–Kier alpha value is -1.88. The molecule has 0 N–H and O–H groups in total. The van der Waals surface area contributed by atoms with Crippen LogP contribution >= 0.6 is 15.9 Å². The molecule has 1 aromatic carbocycles. The Kier molecular flexibility index (Phi) is 2.38. The highest BCUT2D eigenvalue weighted by molar-refractivity contribution is 9.10. The molecule has 4 nitrogen and oxygen atoms in total. The van der Waals surface area contributed by atoms with Crippen molar-refractivity contribution < 1.29 is 4.42 Å². The third-order valence-electron chi connectivity index (χ3n) is 2.90. The minimum Gasteiger partial charge on any atom is -0.439 e. The smallest absolute Gasteiger partial charge is 0.253 e. The van der Waals surface area contributed by atoms with E-state index < -0.39 is 0 Å². The Morgan fingerprint density at radius 2 is 1.89 bits per heavy atom. The Balaban J connectivity index is 2.65. The molecule has 2 heterocycles. The van der Waals surface area contributed by atoms with Gasteiger partial charge in [-0.3, -0.25) is 14.2 Å². The fourth-order valence-electron chi connectivity index (χ4n) is 1.93. The largest absolute Gasteiger partial charge is 0.439 e. The van der Waals surface area contributed by atoms with Crippen LogP contribution in [0, 0.1) is 0 Å². The molecule has 0 radical (unpaired) electrons. The molecule has 0 saturated carbocycles. The van der Waals surface area contributed by atoms with Crippen molar-refractivity contribution in [3.8, 4) is 0 Å². The molecule has 3 aromatic rings. The summed E-state index contributed by atoms with van der Waals surface area (Å²) in [6, 6.07) is 8.08. The minimum absolute atomic E-state index is 0.136. The van der Waals surface area contributed by atoms with E-state index in [4.69, 9.17) is 4.42 Å². The first-order valence-corrected chi connectivity index (χ1v) is 6.09. The number of pyridine rings is 1. The van der Waals surface area contributed by atoms with Crippen molar-refractivity contribution in [3.63, 3.8) is 0 Å². The zero-order valence-corrected chi connectivity index (χ0v) is 11.0. The molecule has 0 bridgehead atoms. The average molecular weight is 306 g/mol. The predicted octanol–water partition coefficient (Wildman–Crippen LogP) is 2.41. The second-order valence-corrected chi connectivity index (χ2v) is 4.94. The van der Waals surface area contributed by atoms with Crippen LogP contribution in [0.1, 0.15) is 0 Å². The molecule has 0 fully saturated rings. The van der Waals surface area contributed by atoms with Gasteiger partial charge in [0.25, 0.3) is 5.56 Å². The number of benzene rings is 1. The molecule has 5 heteroatoms. The van der Waals surface area contributed by atoms with Crippen molar-refractivity contribution in [2.45, 2.75) is 0 Å². The predicted molar refractivity (Wildman–Crippen MR) is 72.9 cm³/mol. The van der Waals surface area contributed by atoms with Gasteiger partial charge in [-0.15, -0.1) is 0 Å². The SMILES string of the molecule is Cn1c(=O)ccc2c(=O)c3cc(Br)ccc3oc21. The summed E-state index contributed by atoms with van der Waals surface area (Å²) < 4.78 is 7.78. The number of hydrogen-bond acceptors (Lipinski definition) is 3. The summed E-state index contributed by atoms with van der Waals surface area (Å²) in [5.41, 5.74) is 0.421. The van der Waals surface area contributed by atoms with Crippen LogP contribution in [0.2, 0.25) is 0 Å². The van der Waals surface area contributed by atoms with Crippen molar-refractivity contribution in [3.05, 3.63) is 55.4 Å². The van der Waals surface area contributed by atoms with Gasteiger partial charge in [-0.2, -0.15) is 0 Å². The maximum atomic E-state index is 12.3. The van der Waals surface area contributed by atoms with Crippen LogP contribution in [0.15, 0.2) is 48.8 Å². The maximum Gasteiger partial charge on any atom is 0.253 e. The molecule has 0 atom stereocenters. The summed E-state index contributed by atoms with van der Waals surface area (Å²) >= 11 is 3.32. The number of aromatic nitrogens is 1. The molecule has 0 amide bonds. The highest BCUT2D eigenvalue weighted by Crippen LogP contribution is 2.20. The van der Waals surface area contributed by atoms with Crippen LogP contribution in [0.4, 0.5) is 0 Å². The number of nitrogens with zero attached hydrogens (tertiary/aromatic N) is 1. The van der Waals surface area contributed by atoms with Crippen molar-refractivity contribution in [1.29, 1.82) is 0 Å². The van der Waals surface area contributed by atoms with Crippen LogP contribution in [-0.4, -0.2) is 4.57 Å². The van der Waals surface area contributed by atoms with E-state index in [0.717, 1.165) is 4.47 Å². The maximum absolute atomic E-state index is 12.3. The number of hydrogen-bond donors (Lipinski definition) is 0. The Bertz CT molecular complexity index is 892. The van der Waals surface area contributed by atoms with Gasteiger partial charge in [-0.1, -0.05) is 15.9 Å². The lowest BCUT2D eigenvalue weighted by Gasteiger charge is -2.04. The normalized spacial score (nSPS) is 11.2. The van der Waals surface area contributed by atoms with E-state index in [2.05, 4.69) is 15.9 Å². The summed E-state index contributed by atoms with van der Waals surface area (Å²) in [7, 11) is 1.58. The highest BCUT2D eigenvalue weighted by atomic mass is 79.9. The van der Waals surface area contributed by atoms with E-state index in [0.29, 0.717) is 22.1 Å². The lowest BCUT2D eigenvalue weighted by Crippen LogP contribution is -2.17. The van der Waals surface area contributed by atoms with Gasteiger partial charge < -0.3 is 4.42 Å². The van der Waals surface area contributed by atoms with Crippen LogP contribution in [0.3, 0.4) is 0 Å². The van der Waals surface area contributed by atoms with E-state index in [1.807, 2.05) is 0 Å². The fourth-order valence-corrected chi connectivity index (χ4v) is 2.29. The zero-order valence-electron chi connectivity index (χ0n) is 9.44. The van der Waals surface area contributed by atoms with Gasteiger partial charge in [0.05, 0.1) is 10.8 Å². The fraction of sp³-hybridized carbons (Fsp3) is 0.0769. The first-order chi connectivity index (χ1) is 8.58. The Morgan fingerprint density at radius 3 is 2.67 bits per heavy atom. The van der Waals surface area contributed by atoms with Gasteiger partial charge in [0.1, 0.15) is 5.58 Å². The molecule has 0 spiro atoms. The van der Waals surface area contributed by atoms with Gasteiger partial charge >= 0.3 is 0 Å². The van der Waals surface area contributed by atoms with E-state index in [1.165, 1.54) is 16.7 Å². The van der Waals surface area contributed by atoms with Crippen molar-refractivity contribution >= 4 is 38.0 Å². The molecular formula is C13H8BrNO3. The Labute approximate surface area is 110 Å². The molecule has 18 heavy (non-hydrogen) atoms. The lowest BCUT2D eigenvalue weighted by atomic mass is 10.2. The molecular weight excluding hydrogens is 298 g/mol. The third-order valence-corrected chi connectivity index (χ3v) is 3.39. The molecule has 90 valence electrons. The van der Waals surface area contributed by atoms with E-state index in [1.54, 1.807) is 25.2 Å². The minimum atomic E-state index is -0.206. The van der Waals surface area contributed by atoms with Crippen LogP contribution in [-0.2, 0) is 7.05 Å². The summed E-state index contributed by atoms with van der Waals surface area (Å²) in [4.78, 5) is 23.8. The van der Waals surface area contributed by atoms with Crippen LogP contribution < -0.4 is 11.0 Å². The standard InChI is InChI=1S/C13H8BrNO3/c1-15-11(16)5-3-8-12(17)9-6-7(14)2-4-10(9)18-13(8)15/h2-6H,1H3. The molecule has 0 aliphatic carbocycles. The summed E-state index contributed by atoms with van der Waals surface area (Å²) in [6.07, 6.45) is 0. The van der Waals surface area contributed by atoms with Gasteiger partial charge in [-0.05, 0) is 24.3 Å². The number of aryl methyl sites for hydroxylation is 1. The molecule has 0 aliphatic rings. The second-order valence-electron chi connectivity index (χ2n) is 4.02. The van der Waals surface area contributed by atoms with E-state index >= 15 is 0 Å². The van der Waals surface area contributed by atoms with Gasteiger partial charge in [0.15, 0.2) is 0 Å². The third kappa shape index (κ3) is 1.51. The Morgan fingerprint density at radius 1 is 1.11 bits per heavy atom. The quantitative estimate of drug-likeness (QED) is 0.599. The average Bonchev–Trinajstić information content (AvgIpc) is 2.36.